The molecule has 2 aromatic heterocycles. The van der Waals surface area contributed by atoms with Crippen LogP contribution in [0.3, 0.4) is 0 Å². The summed E-state index contributed by atoms with van der Waals surface area (Å²) in [6.07, 6.45) is 3.39. The first-order chi connectivity index (χ1) is 11.9. The zero-order valence-corrected chi connectivity index (χ0v) is 15.0. The van der Waals surface area contributed by atoms with Crippen LogP contribution in [0.25, 0.3) is 0 Å². The lowest BCUT2D eigenvalue weighted by molar-refractivity contribution is -0.137. The van der Waals surface area contributed by atoms with E-state index in [1.807, 2.05) is 13.8 Å². The molecule has 0 saturated carbocycles. The van der Waals surface area contributed by atoms with E-state index in [-0.39, 0.29) is 18.5 Å². The van der Waals surface area contributed by atoms with Crippen molar-refractivity contribution >= 4 is 34.2 Å². The summed E-state index contributed by atoms with van der Waals surface area (Å²) in [4.78, 5) is 36.0. The number of aromatic nitrogens is 2. The van der Waals surface area contributed by atoms with Crippen LogP contribution in [0, 0.1) is 6.92 Å². The van der Waals surface area contributed by atoms with Crippen molar-refractivity contribution in [1.29, 1.82) is 0 Å². The van der Waals surface area contributed by atoms with Crippen molar-refractivity contribution < 1.29 is 24.2 Å². The number of methoxy groups -OCH3 is 1. The van der Waals surface area contributed by atoms with Crippen molar-refractivity contribution in [2.24, 2.45) is 0 Å². The lowest BCUT2D eigenvalue weighted by Gasteiger charge is -2.06. The molecule has 0 spiro atoms. The van der Waals surface area contributed by atoms with Crippen molar-refractivity contribution in [2.75, 3.05) is 12.4 Å². The maximum absolute atomic E-state index is 12.4. The van der Waals surface area contributed by atoms with E-state index < -0.39 is 17.8 Å². The summed E-state index contributed by atoms with van der Waals surface area (Å²) in [7, 11) is 1.30. The Kier molecular flexibility index (Phi) is 5.92. The number of hydrogen-bond acceptors (Lipinski definition) is 6. The molecule has 25 heavy (non-hydrogen) atoms. The molecule has 134 valence electrons. The van der Waals surface area contributed by atoms with Gasteiger partial charge in [-0.3, -0.25) is 14.3 Å². The van der Waals surface area contributed by atoms with Crippen LogP contribution in [-0.2, 0) is 22.5 Å². The molecule has 0 fully saturated rings. The fourth-order valence-electron chi connectivity index (χ4n) is 2.40. The predicted octanol–water partition coefficient (Wildman–Crippen LogP) is 2.33. The number of nitrogens with one attached hydrogen (secondary N) is 1. The van der Waals surface area contributed by atoms with E-state index in [1.54, 1.807) is 0 Å². The van der Waals surface area contributed by atoms with E-state index in [1.165, 1.54) is 35.5 Å². The minimum absolute atomic E-state index is 0.0841. The maximum atomic E-state index is 12.4. The largest absolute Gasteiger partial charge is 0.481 e. The van der Waals surface area contributed by atoms with Crippen molar-refractivity contribution in [3.05, 3.63) is 34.0 Å². The molecule has 0 aliphatic carbocycles. The van der Waals surface area contributed by atoms with Crippen LogP contribution < -0.4 is 5.32 Å². The molecule has 0 aliphatic rings. The maximum Gasteiger partial charge on any atom is 0.341 e. The number of esters is 1. The van der Waals surface area contributed by atoms with E-state index in [2.05, 4.69) is 10.4 Å². The first-order valence-electron chi connectivity index (χ1n) is 7.63. The van der Waals surface area contributed by atoms with E-state index in [0.717, 1.165) is 10.4 Å². The van der Waals surface area contributed by atoms with E-state index in [4.69, 9.17) is 9.84 Å². The van der Waals surface area contributed by atoms with Gasteiger partial charge in [0, 0.05) is 11.1 Å². The number of hydrogen-bond donors (Lipinski definition) is 2. The molecule has 2 heterocycles. The van der Waals surface area contributed by atoms with Gasteiger partial charge in [0.1, 0.15) is 5.00 Å². The number of carboxylic acids is 1. The minimum atomic E-state index is -0.939. The molecule has 8 nitrogen and oxygen atoms in total. The van der Waals surface area contributed by atoms with Crippen molar-refractivity contribution in [2.45, 2.75) is 33.2 Å². The lowest BCUT2D eigenvalue weighted by Crippen LogP contribution is -2.14. The summed E-state index contributed by atoms with van der Waals surface area (Å²) in [5.74, 6) is -1.85. The molecule has 2 N–H and O–H groups in total. The van der Waals surface area contributed by atoms with Crippen LogP contribution in [0.1, 0.15) is 44.5 Å². The summed E-state index contributed by atoms with van der Waals surface area (Å²) in [5, 5.41) is 15.8. The highest BCUT2D eigenvalue weighted by molar-refractivity contribution is 7.16. The van der Waals surface area contributed by atoms with Gasteiger partial charge in [-0.1, -0.05) is 6.92 Å². The molecule has 0 unspecified atom stereocenters. The summed E-state index contributed by atoms with van der Waals surface area (Å²) in [5.41, 5.74) is 1.51. The van der Waals surface area contributed by atoms with Crippen molar-refractivity contribution in [3.63, 3.8) is 0 Å². The zero-order chi connectivity index (χ0) is 18.6. The number of nitrogens with zero attached hydrogens (tertiary/aromatic N) is 2. The molecule has 0 atom stereocenters. The molecule has 0 aliphatic heterocycles. The monoisotopic (exact) mass is 365 g/mol. The van der Waals surface area contributed by atoms with Gasteiger partial charge in [-0.2, -0.15) is 5.10 Å². The standard InChI is InChI=1S/C16H19N3O5S/c1-4-11-9(2)25-15(13(11)16(23)24-3)18-14(22)10-7-17-19(8-10)6-5-12(20)21/h7-8H,4-6H2,1-3H3,(H,18,22)(H,20,21). The normalized spacial score (nSPS) is 10.5. The van der Waals surface area contributed by atoms with Crippen LogP contribution in [0.2, 0.25) is 0 Å². The Hall–Kier alpha value is -2.68. The van der Waals surface area contributed by atoms with Gasteiger partial charge < -0.3 is 15.2 Å². The van der Waals surface area contributed by atoms with Crippen molar-refractivity contribution in [1.82, 2.24) is 9.78 Å². The fraction of sp³-hybridized carbons (Fsp3) is 0.375. The van der Waals surface area contributed by atoms with Gasteiger partial charge in [-0.25, -0.2) is 4.79 Å². The average molecular weight is 365 g/mol. The van der Waals surface area contributed by atoms with Gasteiger partial charge in [0.25, 0.3) is 5.91 Å². The third kappa shape index (κ3) is 4.24. The molecule has 2 aromatic rings. The Morgan fingerprint density at radius 2 is 2.12 bits per heavy atom. The van der Waals surface area contributed by atoms with Gasteiger partial charge >= 0.3 is 11.9 Å². The van der Waals surface area contributed by atoms with Crippen molar-refractivity contribution in [3.8, 4) is 0 Å². The van der Waals surface area contributed by atoms with Gasteiger partial charge in [-0.15, -0.1) is 11.3 Å². The number of aryl methyl sites for hydroxylation is 2. The second kappa shape index (κ2) is 7.93. The summed E-state index contributed by atoms with van der Waals surface area (Å²) in [6.45, 7) is 3.99. The van der Waals surface area contributed by atoms with Gasteiger partial charge in [0.05, 0.1) is 37.4 Å². The summed E-state index contributed by atoms with van der Waals surface area (Å²) >= 11 is 1.32. The Balaban J connectivity index is 2.20. The highest BCUT2D eigenvalue weighted by Gasteiger charge is 2.23. The van der Waals surface area contributed by atoms with Crippen LogP contribution in [0.4, 0.5) is 5.00 Å². The predicted molar refractivity (Wildman–Crippen MR) is 92.2 cm³/mol. The second-order valence-electron chi connectivity index (χ2n) is 5.28. The summed E-state index contributed by atoms with van der Waals surface area (Å²) < 4.78 is 6.21. The van der Waals surface area contributed by atoms with Gasteiger partial charge in [-0.05, 0) is 18.9 Å². The number of amides is 1. The number of anilines is 1. The molecule has 2 rings (SSSR count). The number of thiophene rings is 1. The molecule has 9 heteroatoms. The number of aliphatic carboxylic acids is 1. The topological polar surface area (TPSA) is 111 Å². The molecule has 0 aromatic carbocycles. The molecule has 0 saturated heterocycles. The van der Waals surface area contributed by atoms with E-state index in [9.17, 15) is 14.4 Å². The zero-order valence-electron chi connectivity index (χ0n) is 14.2. The first-order valence-corrected chi connectivity index (χ1v) is 8.45. The first kappa shape index (κ1) is 18.7. The number of ether oxygens (including phenoxy) is 1. The fourth-order valence-corrected chi connectivity index (χ4v) is 3.53. The van der Waals surface area contributed by atoms with Crippen LogP contribution in [-0.4, -0.2) is 39.8 Å². The molecule has 0 bridgehead atoms. The smallest absolute Gasteiger partial charge is 0.341 e. The molecular formula is C16H19N3O5S. The van der Waals surface area contributed by atoms with E-state index >= 15 is 0 Å². The Morgan fingerprint density at radius 3 is 2.72 bits per heavy atom. The number of carboxylic acid groups (broad SMARTS) is 1. The highest BCUT2D eigenvalue weighted by atomic mass is 32.1. The van der Waals surface area contributed by atoms with Crippen LogP contribution in [0.5, 0.6) is 0 Å². The van der Waals surface area contributed by atoms with E-state index in [0.29, 0.717) is 17.0 Å². The number of carbonyl (C=O) groups is 3. The average Bonchev–Trinajstić information content (AvgIpc) is 3.16. The third-order valence-corrected chi connectivity index (χ3v) is 4.69. The van der Waals surface area contributed by atoms with Crippen LogP contribution in [0.15, 0.2) is 12.4 Å². The Morgan fingerprint density at radius 1 is 1.40 bits per heavy atom. The Labute approximate surface area is 148 Å². The Bertz CT molecular complexity index is 809. The minimum Gasteiger partial charge on any atom is -0.481 e. The lowest BCUT2D eigenvalue weighted by atomic mass is 10.1. The molecular weight excluding hydrogens is 346 g/mol. The number of rotatable bonds is 7. The molecule has 1 amide bonds. The SMILES string of the molecule is CCc1c(C)sc(NC(=O)c2cnn(CCC(=O)O)c2)c1C(=O)OC. The highest BCUT2D eigenvalue weighted by Crippen LogP contribution is 2.34. The second-order valence-corrected chi connectivity index (χ2v) is 6.50. The third-order valence-electron chi connectivity index (χ3n) is 3.63. The van der Waals surface area contributed by atoms with Gasteiger partial charge in [0.2, 0.25) is 0 Å². The molecule has 0 radical (unpaired) electrons. The number of carbonyl (C=O) groups excluding carboxylic acids is 2. The van der Waals surface area contributed by atoms with Gasteiger partial charge in [0.15, 0.2) is 0 Å². The summed E-state index contributed by atoms with van der Waals surface area (Å²) in [6, 6.07) is 0. The van der Waals surface area contributed by atoms with Crippen LogP contribution >= 0.6 is 11.3 Å². The quantitative estimate of drug-likeness (QED) is 0.729.